The maximum atomic E-state index is 5.74. The topological polar surface area (TPSA) is 43.0 Å². The molecule has 3 N–H and O–H groups in total. The summed E-state index contributed by atoms with van der Waals surface area (Å²) in [7, 11) is 2.06. The van der Waals surface area contributed by atoms with Gasteiger partial charge in [-0.2, -0.15) is 0 Å². The number of aromatic nitrogens is 1. The summed E-state index contributed by atoms with van der Waals surface area (Å²) >= 11 is 0. The number of anilines is 1. The third-order valence-electron chi connectivity index (χ3n) is 2.88. The molecule has 0 saturated heterocycles. The molecule has 3 heteroatoms. The number of rotatable bonds is 3. The third-order valence-corrected chi connectivity index (χ3v) is 2.88. The quantitative estimate of drug-likeness (QED) is 0.828. The molecule has 0 amide bonds. The summed E-state index contributed by atoms with van der Waals surface area (Å²) in [5.41, 5.74) is 8.04. The van der Waals surface area contributed by atoms with Gasteiger partial charge in [0.15, 0.2) is 0 Å². The number of hydrogen-bond acceptors (Lipinski definition) is 2. The average Bonchev–Trinajstić information content (AvgIpc) is 2.56. The van der Waals surface area contributed by atoms with Gasteiger partial charge in [-0.15, -0.1) is 0 Å². The molecule has 3 nitrogen and oxygen atoms in total. The van der Waals surface area contributed by atoms with E-state index < -0.39 is 0 Å². The fourth-order valence-corrected chi connectivity index (χ4v) is 1.86. The van der Waals surface area contributed by atoms with Gasteiger partial charge in [0.2, 0.25) is 0 Å². The highest BCUT2D eigenvalue weighted by Crippen LogP contribution is 2.27. The predicted molar refractivity (Wildman–Crippen MR) is 69.7 cm³/mol. The van der Waals surface area contributed by atoms with E-state index in [0.717, 1.165) is 5.69 Å². The van der Waals surface area contributed by atoms with Crippen molar-refractivity contribution in [3.63, 3.8) is 0 Å². The molecule has 1 heterocycles. The molecule has 16 heavy (non-hydrogen) atoms. The van der Waals surface area contributed by atoms with Crippen LogP contribution in [0.2, 0.25) is 0 Å². The molecule has 0 saturated carbocycles. The molecule has 2 aromatic rings. The summed E-state index contributed by atoms with van der Waals surface area (Å²) in [5, 5.41) is 4.73. The van der Waals surface area contributed by atoms with Crippen molar-refractivity contribution in [3.8, 4) is 0 Å². The van der Waals surface area contributed by atoms with Crippen LogP contribution in [0.25, 0.3) is 10.9 Å². The summed E-state index contributed by atoms with van der Waals surface area (Å²) < 4.78 is 2.13. The van der Waals surface area contributed by atoms with Crippen molar-refractivity contribution in [1.29, 1.82) is 0 Å². The zero-order valence-corrected chi connectivity index (χ0v) is 10.1. The number of nitrogens with zero attached hydrogens (tertiary/aromatic N) is 1. The number of para-hydroxylation sites is 1. The normalized spacial score (nSPS) is 12.0. The molecule has 86 valence electrons. The maximum absolute atomic E-state index is 5.74. The van der Waals surface area contributed by atoms with Gasteiger partial charge in [-0.05, 0) is 19.9 Å². The zero-order valence-electron chi connectivity index (χ0n) is 10.1. The summed E-state index contributed by atoms with van der Waals surface area (Å²) in [4.78, 5) is 0. The van der Waals surface area contributed by atoms with Crippen LogP contribution in [0, 0.1) is 0 Å². The second-order valence-electron chi connectivity index (χ2n) is 4.88. The van der Waals surface area contributed by atoms with Gasteiger partial charge in [-0.3, -0.25) is 0 Å². The Labute approximate surface area is 96.2 Å². The molecule has 0 bridgehead atoms. The lowest BCUT2D eigenvalue weighted by atomic mass is 10.1. The second kappa shape index (κ2) is 3.83. The highest BCUT2D eigenvalue weighted by atomic mass is 15.0. The number of nitrogens with one attached hydrogen (secondary N) is 1. The van der Waals surface area contributed by atoms with Gasteiger partial charge in [0.05, 0.1) is 5.69 Å². The molecule has 2 rings (SSSR count). The first kappa shape index (κ1) is 11.0. The minimum Gasteiger partial charge on any atom is -0.377 e. The Morgan fingerprint density at radius 3 is 2.69 bits per heavy atom. The fraction of sp³-hybridized carbons (Fsp3) is 0.385. The first-order valence-corrected chi connectivity index (χ1v) is 5.56. The Kier molecular flexibility index (Phi) is 2.64. The monoisotopic (exact) mass is 217 g/mol. The first-order valence-electron chi connectivity index (χ1n) is 5.56. The van der Waals surface area contributed by atoms with Crippen LogP contribution in [-0.2, 0) is 7.05 Å². The van der Waals surface area contributed by atoms with Crippen LogP contribution < -0.4 is 11.1 Å². The van der Waals surface area contributed by atoms with Crippen molar-refractivity contribution in [3.05, 3.63) is 30.5 Å². The van der Waals surface area contributed by atoms with E-state index in [2.05, 4.69) is 61.2 Å². The van der Waals surface area contributed by atoms with Gasteiger partial charge in [-0.1, -0.05) is 18.2 Å². The Hall–Kier alpha value is -1.48. The second-order valence-corrected chi connectivity index (χ2v) is 4.88. The van der Waals surface area contributed by atoms with E-state index in [9.17, 15) is 0 Å². The lowest BCUT2D eigenvalue weighted by Gasteiger charge is -2.25. The van der Waals surface area contributed by atoms with Gasteiger partial charge in [-0.25, -0.2) is 0 Å². The summed E-state index contributed by atoms with van der Waals surface area (Å²) in [6.45, 7) is 4.82. The van der Waals surface area contributed by atoms with E-state index in [0.29, 0.717) is 6.54 Å². The number of benzene rings is 1. The predicted octanol–water partition coefficient (Wildman–Crippen LogP) is 2.33. The summed E-state index contributed by atoms with van der Waals surface area (Å²) in [6.07, 6.45) is 2.11. The highest BCUT2D eigenvalue weighted by Gasteiger charge is 2.17. The first-order chi connectivity index (χ1) is 7.53. The molecule has 0 unspecified atom stereocenters. The van der Waals surface area contributed by atoms with Crippen LogP contribution in [0.5, 0.6) is 0 Å². The molecule has 0 aliphatic carbocycles. The van der Waals surface area contributed by atoms with Gasteiger partial charge in [0.1, 0.15) is 0 Å². The number of hydrogen-bond donors (Lipinski definition) is 2. The van der Waals surface area contributed by atoms with E-state index in [1.807, 2.05) is 0 Å². The smallest absolute Gasteiger partial charge is 0.0604 e. The molecule has 1 aromatic carbocycles. The molecule has 0 fully saturated rings. The number of fused-ring (bicyclic) bond motifs is 1. The van der Waals surface area contributed by atoms with Gasteiger partial charge in [0, 0.05) is 36.2 Å². The van der Waals surface area contributed by atoms with E-state index in [1.165, 1.54) is 10.9 Å². The van der Waals surface area contributed by atoms with Crippen LogP contribution in [0.3, 0.4) is 0 Å². The standard InChI is InChI=1S/C13H19N3/c1-13(2,9-14)15-11-8-16(3)12-7-5-4-6-10(11)12/h4-8,15H,9,14H2,1-3H3. The van der Waals surface area contributed by atoms with Crippen molar-refractivity contribution in [2.45, 2.75) is 19.4 Å². The lowest BCUT2D eigenvalue weighted by molar-refractivity contribution is 0.580. The van der Waals surface area contributed by atoms with Crippen LogP contribution in [-0.4, -0.2) is 16.7 Å². The van der Waals surface area contributed by atoms with E-state index in [4.69, 9.17) is 5.73 Å². The minimum atomic E-state index is -0.0792. The van der Waals surface area contributed by atoms with Crippen LogP contribution in [0.1, 0.15) is 13.8 Å². The van der Waals surface area contributed by atoms with Crippen molar-refractivity contribution < 1.29 is 0 Å². The highest BCUT2D eigenvalue weighted by molar-refractivity contribution is 5.93. The van der Waals surface area contributed by atoms with E-state index >= 15 is 0 Å². The minimum absolute atomic E-state index is 0.0792. The van der Waals surface area contributed by atoms with Crippen LogP contribution in [0.15, 0.2) is 30.5 Å². The van der Waals surface area contributed by atoms with Crippen LogP contribution in [0.4, 0.5) is 5.69 Å². The van der Waals surface area contributed by atoms with Gasteiger partial charge < -0.3 is 15.6 Å². The number of aryl methyl sites for hydroxylation is 1. The largest absolute Gasteiger partial charge is 0.377 e. The lowest BCUT2D eigenvalue weighted by Crippen LogP contribution is -2.39. The number of nitrogens with two attached hydrogens (primary N) is 1. The Morgan fingerprint density at radius 1 is 1.31 bits per heavy atom. The Balaban J connectivity index is 2.46. The zero-order chi connectivity index (χ0) is 11.8. The van der Waals surface area contributed by atoms with Crippen LogP contribution >= 0.6 is 0 Å². The average molecular weight is 217 g/mol. The SMILES string of the molecule is Cn1cc(NC(C)(C)CN)c2ccccc21. The molecule has 0 aliphatic heterocycles. The molecular formula is C13H19N3. The van der Waals surface area contributed by atoms with Gasteiger partial charge in [0.25, 0.3) is 0 Å². The molecule has 0 spiro atoms. The molecule has 1 aromatic heterocycles. The van der Waals surface area contributed by atoms with E-state index in [-0.39, 0.29) is 5.54 Å². The summed E-state index contributed by atoms with van der Waals surface area (Å²) in [5.74, 6) is 0. The van der Waals surface area contributed by atoms with Crippen molar-refractivity contribution >= 4 is 16.6 Å². The maximum Gasteiger partial charge on any atom is 0.0604 e. The van der Waals surface area contributed by atoms with Crippen molar-refractivity contribution in [1.82, 2.24) is 4.57 Å². The van der Waals surface area contributed by atoms with Crippen molar-refractivity contribution in [2.75, 3.05) is 11.9 Å². The van der Waals surface area contributed by atoms with Gasteiger partial charge >= 0.3 is 0 Å². The molecule has 0 atom stereocenters. The van der Waals surface area contributed by atoms with E-state index in [1.54, 1.807) is 0 Å². The molecule has 0 radical (unpaired) electrons. The Bertz CT molecular complexity index is 497. The third kappa shape index (κ3) is 1.91. The molecule has 0 aliphatic rings. The van der Waals surface area contributed by atoms with Crippen molar-refractivity contribution in [2.24, 2.45) is 12.8 Å². The molecular weight excluding hydrogens is 198 g/mol. The fourth-order valence-electron chi connectivity index (χ4n) is 1.86. The summed E-state index contributed by atoms with van der Waals surface area (Å²) in [6, 6.07) is 8.36. The Morgan fingerprint density at radius 2 is 2.00 bits per heavy atom.